The zero-order valence-electron chi connectivity index (χ0n) is 7.07. The van der Waals surface area contributed by atoms with E-state index in [1.54, 1.807) is 18.5 Å². The first kappa shape index (κ1) is 9.76. The molecule has 0 radical (unpaired) electrons. The molecule has 1 aromatic rings. The molecule has 0 spiro atoms. The molecule has 0 saturated heterocycles. The van der Waals surface area contributed by atoms with E-state index in [2.05, 4.69) is 4.98 Å². The van der Waals surface area contributed by atoms with Gasteiger partial charge in [-0.3, -0.25) is 4.98 Å². The summed E-state index contributed by atoms with van der Waals surface area (Å²) in [6.07, 6.45) is 7.96. The molecule has 13 heavy (non-hydrogen) atoms. The van der Waals surface area contributed by atoms with Gasteiger partial charge in [-0.15, -0.1) is 11.6 Å². The Labute approximate surface area is 82.5 Å². The van der Waals surface area contributed by atoms with Crippen molar-refractivity contribution in [1.82, 2.24) is 4.98 Å². The van der Waals surface area contributed by atoms with Gasteiger partial charge in [-0.05, 0) is 18.1 Å². The molecule has 0 unspecified atom stereocenters. The minimum Gasteiger partial charge on any atom is -0.263 e. The normalized spacial score (nSPS) is 10.2. The maximum absolute atomic E-state index is 8.60. The van der Waals surface area contributed by atoms with Crippen LogP contribution in [0.4, 0.5) is 0 Å². The van der Waals surface area contributed by atoms with Gasteiger partial charge in [0.25, 0.3) is 0 Å². The number of nitriles is 1. The molecule has 66 valence electrons. The predicted molar refractivity (Wildman–Crippen MR) is 53.3 cm³/mol. The molecule has 0 saturated carbocycles. The molecule has 0 aliphatic rings. The molecule has 1 rings (SSSR count). The molecule has 1 heterocycles. The number of rotatable bonds is 3. The van der Waals surface area contributed by atoms with E-state index in [1.807, 2.05) is 18.2 Å². The van der Waals surface area contributed by atoms with E-state index < -0.39 is 0 Å². The van der Waals surface area contributed by atoms with Crippen LogP contribution in [0.25, 0.3) is 6.08 Å². The Hall–Kier alpha value is -1.33. The zero-order chi connectivity index (χ0) is 9.52. The van der Waals surface area contributed by atoms with E-state index in [-0.39, 0.29) is 0 Å². The molecular formula is C10H9ClN2. The van der Waals surface area contributed by atoms with Crippen molar-refractivity contribution in [2.75, 3.05) is 5.88 Å². The molecule has 1 aromatic heterocycles. The standard InChI is InChI=1S/C10H9ClN2/c11-4-2-1-3-9-5-10(6-12)8-13-7-9/h1,3,5,7-8H,2,4H2. The highest BCUT2D eigenvalue weighted by atomic mass is 35.5. The van der Waals surface area contributed by atoms with E-state index in [0.717, 1.165) is 12.0 Å². The Balaban J connectivity index is 2.73. The summed E-state index contributed by atoms with van der Waals surface area (Å²) in [5.74, 6) is 0.613. The van der Waals surface area contributed by atoms with Crippen molar-refractivity contribution in [2.45, 2.75) is 6.42 Å². The summed E-state index contributed by atoms with van der Waals surface area (Å²) in [5.41, 5.74) is 1.51. The lowest BCUT2D eigenvalue weighted by atomic mass is 10.2. The SMILES string of the molecule is N#Cc1cncc(C=CCCCl)c1. The lowest BCUT2D eigenvalue weighted by Gasteiger charge is -1.92. The van der Waals surface area contributed by atoms with Crippen LogP contribution in [0.1, 0.15) is 17.5 Å². The predicted octanol–water partition coefficient (Wildman–Crippen LogP) is 2.60. The van der Waals surface area contributed by atoms with Gasteiger partial charge in [-0.25, -0.2) is 0 Å². The number of pyridine rings is 1. The van der Waals surface area contributed by atoms with Crippen molar-refractivity contribution in [3.05, 3.63) is 35.7 Å². The zero-order valence-corrected chi connectivity index (χ0v) is 7.83. The second-order valence-electron chi connectivity index (χ2n) is 2.50. The first-order valence-electron chi connectivity index (χ1n) is 3.94. The molecule has 2 nitrogen and oxygen atoms in total. The van der Waals surface area contributed by atoms with Gasteiger partial charge >= 0.3 is 0 Å². The van der Waals surface area contributed by atoms with E-state index in [4.69, 9.17) is 16.9 Å². The van der Waals surface area contributed by atoms with Gasteiger partial charge in [0.2, 0.25) is 0 Å². The second-order valence-corrected chi connectivity index (χ2v) is 2.88. The minimum atomic E-state index is 0.577. The van der Waals surface area contributed by atoms with Gasteiger partial charge in [-0.1, -0.05) is 12.2 Å². The van der Waals surface area contributed by atoms with Crippen molar-refractivity contribution in [3.8, 4) is 6.07 Å². The summed E-state index contributed by atoms with van der Waals surface area (Å²) >= 11 is 5.51. The Kier molecular flexibility index (Phi) is 4.01. The van der Waals surface area contributed by atoms with Crippen LogP contribution in [0.15, 0.2) is 24.5 Å². The molecule has 3 heteroatoms. The molecule has 0 atom stereocenters. The molecule has 0 amide bonds. The lowest BCUT2D eigenvalue weighted by Crippen LogP contribution is -1.80. The average Bonchev–Trinajstić information content (AvgIpc) is 2.19. The third kappa shape index (κ3) is 3.27. The molecule has 0 bridgehead atoms. The Morgan fingerprint density at radius 1 is 1.54 bits per heavy atom. The topological polar surface area (TPSA) is 36.7 Å². The fraction of sp³-hybridized carbons (Fsp3) is 0.200. The molecule has 0 aromatic carbocycles. The van der Waals surface area contributed by atoms with Crippen molar-refractivity contribution in [2.24, 2.45) is 0 Å². The fourth-order valence-electron chi connectivity index (χ4n) is 0.892. The van der Waals surface area contributed by atoms with Crippen LogP contribution in [-0.2, 0) is 0 Å². The number of nitrogens with zero attached hydrogens (tertiary/aromatic N) is 2. The quantitative estimate of drug-likeness (QED) is 0.691. The van der Waals surface area contributed by atoms with Gasteiger partial charge in [0, 0.05) is 18.3 Å². The van der Waals surface area contributed by atoms with Crippen molar-refractivity contribution < 1.29 is 0 Å². The fourth-order valence-corrected chi connectivity index (χ4v) is 1.02. The van der Waals surface area contributed by atoms with Gasteiger partial charge in [0.05, 0.1) is 5.56 Å². The highest BCUT2D eigenvalue weighted by molar-refractivity contribution is 6.17. The van der Waals surface area contributed by atoms with Crippen LogP contribution in [0.5, 0.6) is 0 Å². The minimum absolute atomic E-state index is 0.577. The highest BCUT2D eigenvalue weighted by Gasteiger charge is 1.90. The number of hydrogen-bond donors (Lipinski definition) is 0. The first-order chi connectivity index (χ1) is 6.36. The van der Waals surface area contributed by atoms with Crippen molar-refractivity contribution in [3.63, 3.8) is 0 Å². The van der Waals surface area contributed by atoms with Gasteiger partial charge in [-0.2, -0.15) is 5.26 Å². The molecular weight excluding hydrogens is 184 g/mol. The highest BCUT2D eigenvalue weighted by Crippen LogP contribution is 2.04. The van der Waals surface area contributed by atoms with E-state index in [9.17, 15) is 0 Å². The van der Waals surface area contributed by atoms with Crippen LogP contribution >= 0.6 is 11.6 Å². The van der Waals surface area contributed by atoms with Crippen molar-refractivity contribution in [1.29, 1.82) is 5.26 Å². The van der Waals surface area contributed by atoms with E-state index >= 15 is 0 Å². The van der Waals surface area contributed by atoms with Gasteiger partial charge in [0.15, 0.2) is 0 Å². The molecule has 0 aliphatic carbocycles. The maximum Gasteiger partial charge on any atom is 0.101 e. The lowest BCUT2D eigenvalue weighted by molar-refractivity contribution is 1.24. The largest absolute Gasteiger partial charge is 0.263 e. The monoisotopic (exact) mass is 192 g/mol. The molecule has 0 fully saturated rings. The number of hydrogen-bond acceptors (Lipinski definition) is 2. The Morgan fingerprint density at radius 2 is 2.38 bits per heavy atom. The number of halogens is 1. The number of allylic oxidation sites excluding steroid dienone is 1. The molecule has 0 aliphatic heterocycles. The number of alkyl halides is 1. The summed E-state index contributed by atoms with van der Waals surface area (Å²) in [6.45, 7) is 0. The van der Waals surface area contributed by atoms with Crippen LogP contribution in [0.3, 0.4) is 0 Å². The maximum atomic E-state index is 8.60. The molecule has 0 N–H and O–H groups in total. The first-order valence-corrected chi connectivity index (χ1v) is 4.48. The summed E-state index contributed by atoms with van der Waals surface area (Å²) in [7, 11) is 0. The Morgan fingerprint density at radius 3 is 3.08 bits per heavy atom. The summed E-state index contributed by atoms with van der Waals surface area (Å²) in [5, 5.41) is 8.60. The number of aromatic nitrogens is 1. The summed E-state index contributed by atoms with van der Waals surface area (Å²) in [4.78, 5) is 3.93. The van der Waals surface area contributed by atoms with E-state index in [1.165, 1.54) is 0 Å². The smallest absolute Gasteiger partial charge is 0.101 e. The van der Waals surface area contributed by atoms with E-state index in [0.29, 0.717) is 11.4 Å². The van der Waals surface area contributed by atoms with Crippen LogP contribution in [-0.4, -0.2) is 10.9 Å². The van der Waals surface area contributed by atoms with Crippen LogP contribution in [0, 0.1) is 11.3 Å². The summed E-state index contributed by atoms with van der Waals surface area (Å²) < 4.78 is 0. The van der Waals surface area contributed by atoms with Gasteiger partial charge in [0.1, 0.15) is 6.07 Å². The summed E-state index contributed by atoms with van der Waals surface area (Å²) in [6, 6.07) is 3.82. The van der Waals surface area contributed by atoms with Gasteiger partial charge < -0.3 is 0 Å². The Bertz CT molecular complexity index is 339. The third-order valence-corrected chi connectivity index (χ3v) is 1.69. The second kappa shape index (κ2) is 5.34. The van der Waals surface area contributed by atoms with Crippen LogP contribution < -0.4 is 0 Å². The van der Waals surface area contributed by atoms with Crippen molar-refractivity contribution >= 4 is 17.7 Å². The average molecular weight is 193 g/mol. The third-order valence-electron chi connectivity index (χ3n) is 1.47. The van der Waals surface area contributed by atoms with Crippen LogP contribution in [0.2, 0.25) is 0 Å².